The molecular weight excluding hydrogens is 255 g/mol. The average Bonchev–Trinajstić information content (AvgIpc) is 2.48. The van der Waals surface area contributed by atoms with Crippen molar-refractivity contribution in [1.29, 1.82) is 0 Å². The maximum Gasteiger partial charge on any atom is 0.129 e. The molecule has 20 heavy (non-hydrogen) atoms. The quantitative estimate of drug-likeness (QED) is 0.842. The molecule has 0 unspecified atom stereocenters. The second-order valence-electron chi connectivity index (χ2n) is 4.32. The smallest absolute Gasteiger partial charge is 0.129 e. The van der Waals surface area contributed by atoms with E-state index in [0.29, 0.717) is 12.0 Å². The Morgan fingerprint density at radius 1 is 0.950 bits per heavy atom. The first-order valence-corrected chi connectivity index (χ1v) is 6.34. The second-order valence-corrected chi connectivity index (χ2v) is 4.32. The minimum atomic E-state index is -0.406. The molecule has 0 radical (unpaired) electrons. The Balaban J connectivity index is 2.22. The second kappa shape index (κ2) is 6.85. The van der Waals surface area contributed by atoms with Gasteiger partial charge in [-0.1, -0.05) is 36.1 Å². The van der Waals surface area contributed by atoms with Crippen molar-refractivity contribution in [2.75, 3.05) is 6.61 Å². The summed E-state index contributed by atoms with van der Waals surface area (Å²) < 4.78 is 13.6. The first-order chi connectivity index (χ1) is 9.74. The predicted molar refractivity (Wildman–Crippen MR) is 76.3 cm³/mol. The van der Waals surface area contributed by atoms with Gasteiger partial charge in [-0.15, -0.1) is 0 Å². The van der Waals surface area contributed by atoms with E-state index < -0.39 is 5.82 Å². The molecule has 102 valence electrons. The molecule has 2 aromatic rings. The third kappa shape index (κ3) is 3.45. The maximum atomic E-state index is 13.6. The van der Waals surface area contributed by atoms with Crippen LogP contribution in [0.2, 0.25) is 0 Å². The monoisotopic (exact) mass is 270 g/mol. The van der Waals surface area contributed by atoms with Crippen LogP contribution in [0, 0.1) is 17.7 Å². The van der Waals surface area contributed by atoms with E-state index >= 15 is 0 Å². The van der Waals surface area contributed by atoms with Crippen molar-refractivity contribution in [1.82, 2.24) is 0 Å². The summed E-state index contributed by atoms with van der Waals surface area (Å²) in [6.45, 7) is -0.243. The fourth-order valence-corrected chi connectivity index (χ4v) is 1.82. The van der Waals surface area contributed by atoms with Gasteiger partial charge in [-0.25, -0.2) is 4.39 Å². The van der Waals surface area contributed by atoms with Crippen LogP contribution in [-0.2, 0) is 6.61 Å². The minimum absolute atomic E-state index is 0.0571. The van der Waals surface area contributed by atoms with Crippen LogP contribution in [0.5, 0.6) is 0 Å². The Morgan fingerprint density at radius 3 is 2.25 bits per heavy atom. The third-order valence-electron chi connectivity index (χ3n) is 2.91. The molecule has 0 aliphatic carbocycles. The van der Waals surface area contributed by atoms with Crippen molar-refractivity contribution >= 4 is 0 Å². The number of rotatable bonds is 3. The van der Waals surface area contributed by atoms with Gasteiger partial charge in [0.1, 0.15) is 5.82 Å². The highest BCUT2D eigenvalue weighted by atomic mass is 19.1. The molecule has 0 bridgehead atoms. The topological polar surface area (TPSA) is 40.5 Å². The van der Waals surface area contributed by atoms with Crippen LogP contribution in [0.25, 0.3) is 11.1 Å². The largest absolute Gasteiger partial charge is 0.395 e. The molecule has 2 rings (SSSR count). The molecular formula is C17H15FO2. The van der Waals surface area contributed by atoms with E-state index in [0.717, 1.165) is 16.7 Å². The standard InChI is InChI=1S/C17H15FO2/c18-17-11-15(8-9-16(17)12-20)14-6-4-13(5-7-14)3-1-2-10-19/h4-9,11,19-20H,2,10,12H2. The summed E-state index contributed by atoms with van der Waals surface area (Å²) in [4.78, 5) is 0. The molecule has 0 saturated heterocycles. The summed E-state index contributed by atoms with van der Waals surface area (Å²) >= 11 is 0. The Hall–Kier alpha value is -2.15. The molecule has 0 atom stereocenters. The lowest BCUT2D eigenvalue weighted by Crippen LogP contribution is -1.90. The molecule has 3 heteroatoms. The average molecular weight is 270 g/mol. The lowest BCUT2D eigenvalue weighted by molar-refractivity contribution is 0.276. The first-order valence-electron chi connectivity index (χ1n) is 6.34. The van der Waals surface area contributed by atoms with Crippen molar-refractivity contribution in [2.24, 2.45) is 0 Å². The number of hydrogen-bond acceptors (Lipinski definition) is 2. The Labute approximate surface area is 117 Å². The van der Waals surface area contributed by atoms with E-state index in [9.17, 15) is 4.39 Å². The normalized spacial score (nSPS) is 9.95. The van der Waals surface area contributed by atoms with Crippen molar-refractivity contribution in [3.63, 3.8) is 0 Å². The van der Waals surface area contributed by atoms with Gasteiger partial charge in [0, 0.05) is 17.5 Å². The van der Waals surface area contributed by atoms with E-state index in [1.807, 2.05) is 24.3 Å². The Morgan fingerprint density at radius 2 is 1.65 bits per heavy atom. The van der Waals surface area contributed by atoms with Crippen molar-refractivity contribution < 1.29 is 14.6 Å². The molecule has 0 aromatic heterocycles. The van der Waals surface area contributed by atoms with Gasteiger partial charge < -0.3 is 10.2 Å². The summed E-state index contributed by atoms with van der Waals surface area (Å²) in [6, 6.07) is 12.2. The highest BCUT2D eigenvalue weighted by Crippen LogP contribution is 2.22. The molecule has 2 aromatic carbocycles. The number of halogens is 1. The van der Waals surface area contributed by atoms with Gasteiger partial charge in [-0.3, -0.25) is 0 Å². The van der Waals surface area contributed by atoms with Crippen molar-refractivity contribution in [3.8, 4) is 23.0 Å². The van der Waals surface area contributed by atoms with E-state index in [2.05, 4.69) is 11.8 Å². The molecule has 0 aliphatic heterocycles. The van der Waals surface area contributed by atoms with Gasteiger partial charge >= 0.3 is 0 Å². The predicted octanol–water partition coefficient (Wildman–Crippen LogP) is 2.72. The Bertz CT molecular complexity index is 636. The number of aliphatic hydroxyl groups is 2. The molecule has 0 spiro atoms. The van der Waals surface area contributed by atoms with E-state index in [1.54, 1.807) is 12.1 Å². The first kappa shape index (κ1) is 14.3. The van der Waals surface area contributed by atoms with Crippen molar-refractivity contribution in [2.45, 2.75) is 13.0 Å². The highest BCUT2D eigenvalue weighted by molar-refractivity contribution is 5.64. The van der Waals surface area contributed by atoms with Crippen LogP contribution in [0.1, 0.15) is 17.5 Å². The van der Waals surface area contributed by atoms with Gasteiger partial charge in [-0.05, 0) is 29.3 Å². The molecule has 0 amide bonds. The molecule has 0 saturated carbocycles. The number of benzene rings is 2. The van der Waals surface area contributed by atoms with E-state index in [4.69, 9.17) is 10.2 Å². The van der Waals surface area contributed by atoms with E-state index in [-0.39, 0.29) is 13.2 Å². The number of hydrogen-bond donors (Lipinski definition) is 2. The molecule has 0 heterocycles. The molecule has 2 N–H and O–H groups in total. The fourth-order valence-electron chi connectivity index (χ4n) is 1.82. The zero-order chi connectivity index (χ0) is 14.4. The van der Waals surface area contributed by atoms with Gasteiger partial charge in [0.05, 0.1) is 13.2 Å². The zero-order valence-electron chi connectivity index (χ0n) is 10.9. The van der Waals surface area contributed by atoms with Crippen LogP contribution < -0.4 is 0 Å². The zero-order valence-corrected chi connectivity index (χ0v) is 10.9. The van der Waals surface area contributed by atoms with Crippen LogP contribution in [0.15, 0.2) is 42.5 Å². The van der Waals surface area contributed by atoms with Gasteiger partial charge in [-0.2, -0.15) is 0 Å². The highest BCUT2D eigenvalue weighted by Gasteiger charge is 2.04. The van der Waals surface area contributed by atoms with Gasteiger partial charge in [0.2, 0.25) is 0 Å². The summed E-state index contributed by atoms with van der Waals surface area (Å²) in [5.41, 5.74) is 2.80. The van der Waals surface area contributed by atoms with Crippen LogP contribution in [-0.4, -0.2) is 16.8 Å². The molecule has 0 aliphatic rings. The molecule has 0 fully saturated rings. The van der Waals surface area contributed by atoms with Crippen molar-refractivity contribution in [3.05, 3.63) is 59.4 Å². The van der Waals surface area contributed by atoms with Crippen LogP contribution >= 0.6 is 0 Å². The SMILES string of the molecule is OCCC#Cc1ccc(-c2ccc(CO)c(F)c2)cc1. The van der Waals surface area contributed by atoms with Crippen LogP contribution in [0.4, 0.5) is 4.39 Å². The summed E-state index contributed by atoms with van der Waals surface area (Å²) in [5, 5.41) is 17.6. The lowest BCUT2D eigenvalue weighted by atomic mass is 10.0. The van der Waals surface area contributed by atoms with E-state index in [1.165, 1.54) is 6.07 Å². The lowest BCUT2D eigenvalue weighted by Gasteiger charge is -2.05. The van der Waals surface area contributed by atoms with Crippen LogP contribution in [0.3, 0.4) is 0 Å². The summed E-state index contributed by atoms with van der Waals surface area (Å²) in [6.07, 6.45) is 0.454. The van der Waals surface area contributed by atoms with Gasteiger partial charge in [0.25, 0.3) is 0 Å². The molecule has 2 nitrogen and oxygen atoms in total. The minimum Gasteiger partial charge on any atom is -0.395 e. The summed E-state index contributed by atoms with van der Waals surface area (Å²) in [7, 11) is 0. The Kier molecular flexibility index (Phi) is 4.89. The maximum absolute atomic E-state index is 13.6. The summed E-state index contributed by atoms with van der Waals surface area (Å²) in [5.74, 6) is 5.38. The fraction of sp³-hybridized carbons (Fsp3) is 0.176. The van der Waals surface area contributed by atoms with Gasteiger partial charge in [0.15, 0.2) is 0 Å². The third-order valence-corrected chi connectivity index (χ3v) is 2.91. The number of aliphatic hydroxyl groups excluding tert-OH is 2.